The molecule has 2 aromatic rings. The largest absolute Gasteiger partial charge is 0.452 e. The van der Waals surface area contributed by atoms with Gasteiger partial charge in [0, 0.05) is 0 Å². The average molecular weight is 165 g/mol. The molecule has 2 heterocycles. The molecule has 0 aliphatic heterocycles. The Kier molecular flexibility index (Phi) is 4.07. The van der Waals surface area contributed by atoms with E-state index in [1.165, 1.54) is 20.8 Å². The van der Waals surface area contributed by atoms with Crippen molar-refractivity contribution in [2.75, 3.05) is 0 Å². The molecule has 0 aromatic carbocycles. The number of hydrogen-bond donors (Lipinski definition) is 0. The van der Waals surface area contributed by atoms with Crippen LogP contribution in [0.2, 0.25) is 0 Å². The second kappa shape index (κ2) is 5.63. The van der Waals surface area contributed by atoms with Gasteiger partial charge >= 0.3 is 0 Å². The first kappa shape index (κ1) is 7.96. The van der Waals surface area contributed by atoms with Crippen molar-refractivity contribution in [2.45, 2.75) is 0 Å². The summed E-state index contributed by atoms with van der Waals surface area (Å²) in [7, 11) is 1.31. The van der Waals surface area contributed by atoms with E-state index in [0.29, 0.717) is 0 Å². The molecule has 0 fully saturated rings. The molecule has 0 N–H and O–H groups in total. The maximum Gasteiger partial charge on any atom is 0.180 e. The first-order chi connectivity index (χ1) is 5.50. The van der Waals surface area contributed by atoms with E-state index in [9.17, 15) is 0 Å². The number of hydrogen-bond acceptors (Lipinski definition) is 2. The highest BCUT2D eigenvalue weighted by atomic mass is 31.0. The van der Waals surface area contributed by atoms with E-state index in [2.05, 4.69) is 21.0 Å². The van der Waals surface area contributed by atoms with Crippen LogP contribution in [0.4, 0.5) is 0 Å². The van der Waals surface area contributed by atoms with Crippen LogP contribution < -0.4 is 0 Å². The monoisotopic (exact) mass is 165 g/mol. The Labute approximate surface area is 67.0 Å². The van der Waals surface area contributed by atoms with Gasteiger partial charge in [-0.3, -0.25) is 0 Å². The molecule has 0 saturated heterocycles. The highest BCUT2D eigenvalue weighted by molar-refractivity contribution is 7.28. The van der Waals surface area contributed by atoms with Crippen LogP contribution in [0, 0.1) is 0 Å². The number of nitrogens with zero attached hydrogens (tertiary/aromatic N) is 1. The summed E-state index contributed by atoms with van der Waals surface area (Å²) in [5, 5.41) is 0. The molecule has 3 heteroatoms. The van der Waals surface area contributed by atoms with Crippen molar-refractivity contribution in [1.29, 1.82) is 0 Å². The van der Waals surface area contributed by atoms with E-state index in [-0.39, 0.29) is 0 Å². The molecule has 0 radical (unpaired) electrons. The molecular formula is C8H8NOP. The van der Waals surface area contributed by atoms with Crippen LogP contribution in [0.15, 0.2) is 53.1 Å². The van der Waals surface area contributed by atoms with Crippen LogP contribution >= 0.6 is 8.19 Å². The zero-order valence-electron chi connectivity index (χ0n) is 5.92. The fourth-order valence-corrected chi connectivity index (χ4v) is 0.985. The summed E-state index contributed by atoms with van der Waals surface area (Å²) in [6, 6.07) is 6.11. The topological polar surface area (TPSA) is 26.0 Å². The molecule has 0 aliphatic carbocycles. The molecule has 56 valence electrons. The van der Waals surface area contributed by atoms with Crippen molar-refractivity contribution in [3.05, 3.63) is 48.6 Å². The standard InChI is InChI=1S/C5H5P.C3H3NO/c1-2-4-6-5-3-1;1-2-5-3-4-1/h1-5H;1-3H. The average Bonchev–Trinajstić information content (AvgIpc) is 2.64. The van der Waals surface area contributed by atoms with Crippen LogP contribution in [-0.4, -0.2) is 4.98 Å². The van der Waals surface area contributed by atoms with Gasteiger partial charge in [0.15, 0.2) is 6.39 Å². The van der Waals surface area contributed by atoms with E-state index in [1.54, 1.807) is 6.20 Å². The van der Waals surface area contributed by atoms with Gasteiger partial charge in [-0.05, 0) is 11.6 Å². The lowest BCUT2D eigenvalue weighted by atomic mass is 10.6. The summed E-state index contributed by atoms with van der Waals surface area (Å²) in [4.78, 5) is 3.56. The van der Waals surface area contributed by atoms with Gasteiger partial charge in [0.25, 0.3) is 0 Å². The summed E-state index contributed by atoms with van der Waals surface area (Å²) in [5.41, 5.74) is 0. The number of rotatable bonds is 0. The fourth-order valence-electron chi connectivity index (χ4n) is 0.488. The molecule has 0 amide bonds. The highest BCUT2D eigenvalue weighted by Gasteiger charge is 1.59. The first-order valence-corrected chi connectivity index (χ1v) is 4.20. The minimum atomic E-state index is 1.31. The van der Waals surface area contributed by atoms with Gasteiger partial charge in [0.1, 0.15) is 6.26 Å². The molecule has 0 atom stereocenters. The van der Waals surface area contributed by atoms with Gasteiger partial charge in [-0.15, -0.1) is 0 Å². The molecule has 0 spiro atoms. The fraction of sp³-hybridized carbons (Fsp3) is 0. The molecular weight excluding hydrogens is 157 g/mol. The Morgan fingerprint density at radius 1 is 1.09 bits per heavy atom. The van der Waals surface area contributed by atoms with Crippen molar-refractivity contribution in [2.24, 2.45) is 0 Å². The maximum absolute atomic E-state index is 4.47. The Morgan fingerprint density at radius 2 is 1.91 bits per heavy atom. The third kappa shape index (κ3) is 4.29. The quantitative estimate of drug-likeness (QED) is 0.599. The van der Waals surface area contributed by atoms with Crippen LogP contribution in [0.3, 0.4) is 0 Å². The summed E-state index contributed by atoms with van der Waals surface area (Å²) in [6.45, 7) is 0. The first-order valence-electron chi connectivity index (χ1n) is 3.17. The lowest BCUT2D eigenvalue weighted by Crippen LogP contribution is -1.39. The van der Waals surface area contributed by atoms with E-state index in [4.69, 9.17) is 0 Å². The SMILES string of the molecule is c1ccpcc1.c1cocn1. The van der Waals surface area contributed by atoms with Gasteiger partial charge in [-0.25, -0.2) is 4.98 Å². The summed E-state index contributed by atoms with van der Waals surface area (Å²) in [5.74, 6) is 4.19. The molecule has 0 unspecified atom stereocenters. The van der Waals surface area contributed by atoms with Gasteiger partial charge in [-0.2, -0.15) is 0 Å². The van der Waals surface area contributed by atoms with Crippen molar-refractivity contribution in [3.8, 4) is 0 Å². The van der Waals surface area contributed by atoms with Crippen LogP contribution in [-0.2, 0) is 0 Å². The van der Waals surface area contributed by atoms with E-state index in [1.807, 2.05) is 18.2 Å². The van der Waals surface area contributed by atoms with Gasteiger partial charge in [0.2, 0.25) is 0 Å². The molecule has 0 aliphatic rings. The molecule has 2 nitrogen and oxygen atoms in total. The summed E-state index contributed by atoms with van der Waals surface area (Å²) in [6.07, 6.45) is 4.47. The number of oxazole rings is 1. The molecule has 0 bridgehead atoms. The maximum atomic E-state index is 4.47. The van der Waals surface area contributed by atoms with Gasteiger partial charge < -0.3 is 4.42 Å². The smallest absolute Gasteiger partial charge is 0.180 e. The van der Waals surface area contributed by atoms with Crippen LogP contribution in [0.1, 0.15) is 0 Å². The van der Waals surface area contributed by atoms with Crippen LogP contribution in [0.25, 0.3) is 0 Å². The summed E-state index contributed by atoms with van der Waals surface area (Å²) < 4.78 is 4.47. The predicted octanol–water partition coefficient (Wildman–Crippen LogP) is 2.94. The van der Waals surface area contributed by atoms with Crippen molar-refractivity contribution in [3.63, 3.8) is 0 Å². The van der Waals surface area contributed by atoms with Crippen molar-refractivity contribution < 1.29 is 4.42 Å². The lowest BCUT2D eigenvalue weighted by Gasteiger charge is -1.69. The second-order valence-corrected chi connectivity index (χ2v) is 2.59. The Bertz CT molecular complexity index is 200. The van der Waals surface area contributed by atoms with Crippen molar-refractivity contribution >= 4 is 8.19 Å². The zero-order valence-corrected chi connectivity index (χ0v) is 6.82. The lowest BCUT2D eigenvalue weighted by molar-refractivity contribution is 0.558. The molecule has 0 saturated carbocycles. The van der Waals surface area contributed by atoms with Crippen LogP contribution in [0.5, 0.6) is 0 Å². The second-order valence-electron chi connectivity index (χ2n) is 1.70. The third-order valence-corrected chi connectivity index (χ3v) is 1.60. The Balaban J connectivity index is 0.000000112. The summed E-state index contributed by atoms with van der Waals surface area (Å²) >= 11 is 0. The molecule has 2 rings (SSSR count). The highest BCUT2D eigenvalue weighted by Crippen LogP contribution is 1.98. The third-order valence-electron chi connectivity index (χ3n) is 0.914. The van der Waals surface area contributed by atoms with E-state index >= 15 is 0 Å². The van der Waals surface area contributed by atoms with E-state index in [0.717, 1.165) is 0 Å². The minimum absolute atomic E-state index is 1.31. The normalized spacial score (nSPS) is 8.00. The molecule has 2 aromatic heterocycles. The molecule has 11 heavy (non-hydrogen) atoms. The Morgan fingerprint density at radius 3 is 2.09 bits per heavy atom. The zero-order chi connectivity index (χ0) is 7.78. The van der Waals surface area contributed by atoms with Crippen molar-refractivity contribution in [1.82, 2.24) is 4.98 Å². The Hall–Kier alpha value is -1.14. The number of aromatic nitrogens is 1. The van der Waals surface area contributed by atoms with E-state index < -0.39 is 0 Å². The minimum Gasteiger partial charge on any atom is -0.452 e. The van der Waals surface area contributed by atoms with Gasteiger partial charge in [0.05, 0.1) is 6.20 Å². The predicted molar refractivity (Wildman–Crippen MR) is 45.5 cm³/mol. The van der Waals surface area contributed by atoms with Gasteiger partial charge in [-0.1, -0.05) is 26.4 Å².